The van der Waals surface area contributed by atoms with Crippen molar-refractivity contribution < 1.29 is 14.9 Å². The van der Waals surface area contributed by atoms with Crippen LogP contribution in [0.3, 0.4) is 0 Å². The van der Waals surface area contributed by atoms with Crippen LogP contribution in [-0.4, -0.2) is 33.9 Å². The fourth-order valence-corrected chi connectivity index (χ4v) is 3.52. The summed E-state index contributed by atoms with van der Waals surface area (Å²) in [4.78, 5) is 34.7. The molecule has 0 saturated carbocycles. The van der Waals surface area contributed by atoms with Gasteiger partial charge in [-0.3, -0.25) is 9.59 Å². The first-order chi connectivity index (χ1) is 14.5. The largest absolute Gasteiger partial charge is 0.358 e. The molecule has 0 aliphatic rings. The van der Waals surface area contributed by atoms with E-state index < -0.39 is 11.9 Å². The van der Waals surface area contributed by atoms with Crippen molar-refractivity contribution in [1.29, 1.82) is 0 Å². The number of hydrogen-bond donors (Lipinski definition) is 2. The van der Waals surface area contributed by atoms with E-state index in [1.807, 2.05) is 13.0 Å². The highest BCUT2D eigenvalue weighted by Gasteiger charge is 2.25. The van der Waals surface area contributed by atoms with E-state index >= 15 is 0 Å². The molecule has 3 aromatic rings. The number of carbonyl (C=O) groups is 1. The first-order valence-electron chi connectivity index (χ1n) is 10.4. The Balaban J connectivity index is 1.90. The Morgan fingerprint density at radius 1 is 1.13 bits per heavy atom. The Morgan fingerprint density at radius 3 is 2.67 bits per heavy atom. The van der Waals surface area contributed by atoms with E-state index in [1.165, 1.54) is 18.2 Å². The van der Waals surface area contributed by atoms with Crippen LogP contribution in [0.5, 0.6) is 0 Å². The summed E-state index contributed by atoms with van der Waals surface area (Å²) >= 11 is 0. The average molecular weight is 412 g/mol. The van der Waals surface area contributed by atoms with E-state index in [0.717, 1.165) is 32.2 Å². The van der Waals surface area contributed by atoms with E-state index in [0.29, 0.717) is 23.3 Å². The second-order valence-electron chi connectivity index (χ2n) is 7.42. The summed E-state index contributed by atoms with van der Waals surface area (Å²) in [6, 6.07) is 12.3. The van der Waals surface area contributed by atoms with Crippen LogP contribution in [0, 0.1) is 5.82 Å². The van der Waals surface area contributed by atoms with Crippen LogP contribution in [0.1, 0.15) is 54.8 Å². The Morgan fingerprint density at radius 2 is 1.90 bits per heavy atom. The molecule has 1 heterocycles. The summed E-state index contributed by atoms with van der Waals surface area (Å²) in [5.41, 5.74) is 4.47. The van der Waals surface area contributed by atoms with Gasteiger partial charge in [-0.1, -0.05) is 24.6 Å². The van der Waals surface area contributed by atoms with Gasteiger partial charge in [-0.25, -0.2) is 9.37 Å². The monoisotopic (exact) mass is 411 g/mol. The summed E-state index contributed by atoms with van der Waals surface area (Å²) in [5, 5.41) is 0.504. The second-order valence-corrected chi connectivity index (χ2v) is 7.42. The third-order valence-electron chi connectivity index (χ3n) is 5.23. The molecule has 0 unspecified atom stereocenters. The van der Waals surface area contributed by atoms with E-state index in [9.17, 15) is 14.0 Å². The summed E-state index contributed by atoms with van der Waals surface area (Å²) in [5.74, 6) is -0.322. The normalized spacial score (nSPS) is 12.1. The van der Waals surface area contributed by atoms with Crippen molar-refractivity contribution in [2.75, 3.05) is 13.1 Å². The number of quaternary nitrogens is 1. The lowest BCUT2D eigenvalue weighted by atomic mass is 10.1. The quantitative estimate of drug-likeness (QED) is 0.530. The van der Waals surface area contributed by atoms with Crippen molar-refractivity contribution in [3.05, 3.63) is 76.1 Å². The molecule has 0 saturated heterocycles. The third-order valence-corrected chi connectivity index (χ3v) is 5.23. The molecule has 158 valence electrons. The fraction of sp³-hybridized carbons (Fsp3) is 0.348. The van der Waals surface area contributed by atoms with Gasteiger partial charge in [0, 0.05) is 12.1 Å². The maximum Gasteiger partial charge on any atom is 0.258 e. The molecule has 6 nitrogen and oxygen atoms in total. The minimum Gasteiger partial charge on any atom is -0.358 e. The van der Waals surface area contributed by atoms with E-state index in [-0.39, 0.29) is 17.0 Å². The molecule has 1 amide bonds. The van der Waals surface area contributed by atoms with Gasteiger partial charge in [0.1, 0.15) is 11.6 Å². The SMILES string of the molecule is C[C@@H](c1nc2ccccc2c(=O)[nH]1)N(CCCCCC[NH3+])C(=O)c1cccc(F)c1. The van der Waals surface area contributed by atoms with E-state index in [1.54, 1.807) is 29.2 Å². The number of hydrogen-bond acceptors (Lipinski definition) is 3. The zero-order chi connectivity index (χ0) is 21.5. The molecule has 0 aliphatic carbocycles. The standard InChI is InChI=1S/C23H27FN4O2/c1-16(21-26-20-12-5-4-11-19(20)22(29)27-21)28(14-7-3-2-6-13-25)23(30)17-9-8-10-18(24)15-17/h4-5,8-12,15-16H,2-3,6-7,13-14,25H2,1H3,(H,26,27,29)/p+1/t16-/m0/s1. The zero-order valence-corrected chi connectivity index (χ0v) is 17.2. The van der Waals surface area contributed by atoms with Crippen molar-refractivity contribution >= 4 is 16.8 Å². The Labute approximate surface area is 174 Å². The smallest absolute Gasteiger partial charge is 0.258 e. The number of H-pyrrole nitrogens is 1. The van der Waals surface area contributed by atoms with E-state index in [4.69, 9.17) is 0 Å². The number of nitrogens with zero attached hydrogens (tertiary/aromatic N) is 2. The van der Waals surface area contributed by atoms with Crippen LogP contribution in [0.4, 0.5) is 4.39 Å². The highest BCUT2D eigenvalue weighted by Crippen LogP contribution is 2.22. The number of aromatic amines is 1. The lowest BCUT2D eigenvalue weighted by molar-refractivity contribution is -0.368. The number of nitrogens with one attached hydrogen (secondary N) is 1. The van der Waals surface area contributed by atoms with Crippen molar-refractivity contribution in [3.63, 3.8) is 0 Å². The van der Waals surface area contributed by atoms with E-state index in [2.05, 4.69) is 15.7 Å². The summed E-state index contributed by atoms with van der Waals surface area (Å²) < 4.78 is 13.7. The molecule has 30 heavy (non-hydrogen) atoms. The van der Waals surface area contributed by atoms with Gasteiger partial charge >= 0.3 is 0 Å². The van der Waals surface area contributed by atoms with Gasteiger partial charge < -0.3 is 15.6 Å². The number of aromatic nitrogens is 2. The van der Waals surface area contributed by atoms with Crippen LogP contribution < -0.4 is 11.3 Å². The molecule has 0 bridgehead atoms. The van der Waals surface area contributed by atoms with Crippen LogP contribution in [0.25, 0.3) is 10.9 Å². The maximum absolute atomic E-state index is 13.7. The third kappa shape index (κ3) is 5.10. The van der Waals surface area contributed by atoms with Crippen LogP contribution in [0.2, 0.25) is 0 Å². The molecular weight excluding hydrogens is 383 g/mol. The average Bonchev–Trinajstić information content (AvgIpc) is 2.75. The van der Waals surface area contributed by atoms with Gasteiger partial charge in [-0.05, 0) is 56.5 Å². The number of amides is 1. The second kappa shape index (κ2) is 10.1. The maximum atomic E-state index is 13.7. The van der Waals surface area contributed by atoms with Crippen LogP contribution in [0.15, 0.2) is 53.3 Å². The molecule has 4 N–H and O–H groups in total. The van der Waals surface area contributed by atoms with Crippen molar-refractivity contribution in [2.45, 2.75) is 38.6 Å². The van der Waals surface area contributed by atoms with Crippen LogP contribution >= 0.6 is 0 Å². The number of benzene rings is 2. The number of unbranched alkanes of at least 4 members (excludes halogenated alkanes) is 3. The number of rotatable bonds is 9. The van der Waals surface area contributed by atoms with Gasteiger partial charge in [0.05, 0.1) is 23.5 Å². The van der Waals surface area contributed by atoms with Gasteiger partial charge in [-0.2, -0.15) is 0 Å². The van der Waals surface area contributed by atoms with Gasteiger partial charge in [0.2, 0.25) is 0 Å². The Kier molecular flexibility index (Phi) is 7.30. The number of carbonyl (C=O) groups excluding carboxylic acids is 1. The molecular formula is C23H28FN4O2+. The Bertz CT molecular complexity index is 1070. The number of fused-ring (bicyclic) bond motifs is 1. The summed E-state index contributed by atoms with van der Waals surface area (Å²) in [6.07, 6.45) is 3.87. The first-order valence-corrected chi connectivity index (χ1v) is 10.4. The molecule has 1 atom stereocenters. The number of para-hydroxylation sites is 1. The molecule has 0 radical (unpaired) electrons. The fourth-order valence-electron chi connectivity index (χ4n) is 3.52. The molecule has 1 aromatic heterocycles. The summed E-state index contributed by atoms with van der Waals surface area (Å²) in [6.45, 7) is 3.22. The van der Waals surface area contributed by atoms with Gasteiger partial charge in [0.25, 0.3) is 11.5 Å². The predicted molar refractivity (Wildman–Crippen MR) is 114 cm³/mol. The minimum atomic E-state index is -0.467. The predicted octanol–water partition coefficient (Wildman–Crippen LogP) is 3.07. The first kappa shape index (κ1) is 21.6. The molecule has 2 aromatic carbocycles. The highest BCUT2D eigenvalue weighted by atomic mass is 19.1. The molecule has 0 fully saturated rings. The molecule has 0 spiro atoms. The molecule has 0 aliphatic heterocycles. The Hall–Kier alpha value is -3.06. The summed E-state index contributed by atoms with van der Waals surface area (Å²) in [7, 11) is 0. The molecule has 7 heteroatoms. The van der Waals surface area contributed by atoms with Crippen molar-refractivity contribution in [1.82, 2.24) is 14.9 Å². The minimum absolute atomic E-state index is 0.240. The van der Waals surface area contributed by atoms with Crippen LogP contribution in [-0.2, 0) is 0 Å². The zero-order valence-electron chi connectivity index (χ0n) is 17.2. The lowest BCUT2D eigenvalue weighted by Crippen LogP contribution is -2.50. The molecule has 3 rings (SSSR count). The highest BCUT2D eigenvalue weighted by molar-refractivity contribution is 5.94. The number of halogens is 1. The lowest BCUT2D eigenvalue weighted by Gasteiger charge is -2.29. The van der Waals surface area contributed by atoms with Gasteiger partial charge in [0.15, 0.2) is 0 Å². The van der Waals surface area contributed by atoms with Crippen molar-refractivity contribution in [2.24, 2.45) is 0 Å². The van der Waals surface area contributed by atoms with Crippen molar-refractivity contribution in [3.8, 4) is 0 Å². The van der Waals surface area contributed by atoms with Gasteiger partial charge in [-0.15, -0.1) is 0 Å². The topological polar surface area (TPSA) is 93.7 Å².